The molecule has 0 aliphatic carbocycles. The topological polar surface area (TPSA) is 23.5 Å². The molecule has 0 bridgehead atoms. The molecule has 1 aliphatic rings. The van der Waals surface area contributed by atoms with E-state index in [1.165, 1.54) is 12.1 Å². The van der Waals surface area contributed by atoms with E-state index in [1.807, 2.05) is 0 Å². The first-order valence-electron chi connectivity index (χ1n) is 5.52. The number of benzene rings is 1. The van der Waals surface area contributed by atoms with Gasteiger partial charge in [0.1, 0.15) is 5.82 Å². The van der Waals surface area contributed by atoms with Gasteiger partial charge in [0.25, 0.3) is 0 Å². The van der Waals surface area contributed by atoms with Crippen molar-refractivity contribution in [2.24, 2.45) is 0 Å². The number of hydrogen-bond donors (Lipinski definition) is 1. The fourth-order valence-corrected chi connectivity index (χ4v) is 2.41. The van der Waals surface area contributed by atoms with Crippen LogP contribution in [0.1, 0.15) is 24.4 Å². The Kier molecular flexibility index (Phi) is 3.79. The highest BCUT2D eigenvalue weighted by Gasteiger charge is 2.25. The SMILES string of the molecule is OCC(c1cc(Cl)ccc1F)N1CCCC1. The molecule has 2 rings (SSSR count). The van der Waals surface area contributed by atoms with E-state index in [9.17, 15) is 9.50 Å². The monoisotopic (exact) mass is 243 g/mol. The molecule has 16 heavy (non-hydrogen) atoms. The van der Waals surface area contributed by atoms with Crippen molar-refractivity contribution in [2.75, 3.05) is 19.7 Å². The molecule has 1 heterocycles. The summed E-state index contributed by atoms with van der Waals surface area (Å²) in [5.41, 5.74) is 0.497. The predicted molar refractivity (Wildman–Crippen MR) is 62.0 cm³/mol. The molecule has 0 spiro atoms. The molecule has 0 amide bonds. The van der Waals surface area contributed by atoms with E-state index >= 15 is 0 Å². The third-order valence-electron chi connectivity index (χ3n) is 3.07. The highest BCUT2D eigenvalue weighted by Crippen LogP contribution is 2.28. The third-order valence-corrected chi connectivity index (χ3v) is 3.31. The van der Waals surface area contributed by atoms with Gasteiger partial charge in [0, 0.05) is 10.6 Å². The highest BCUT2D eigenvalue weighted by molar-refractivity contribution is 6.30. The quantitative estimate of drug-likeness (QED) is 0.882. The Morgan fingerprint density at radius 1 is 1.38 bits per heavy atom. The molecule has 1 aliphatic heterocycles. The minimum absolute atomic E-state index is 0.0722. The summed E-state index contributed by atoms with van der Waals surface area (Å²) in [6.45, 7) is 1.76. The Bertz CT molecular complexity index is 366. The second-order valence-corrected chi connectivity index (χ2v) is 4.54. The Labute approximate surface area is 99.6 Å². The number of likely N-dealkylation sites (tertiary alicyclic amines) is 1. The first-order valence-corrected chi connectivity index (χ1v) is 5.90. The number of nitrogens with zero attached hydrogens (tertiary/aromatic N) is 1. The lowest BCUT2D eigenvalue weighted by Crippen LogP contribution is -2.29. The number of aliphatic hydroxyl groups is 1. The van der Waals surface area contributed by atoms with Crippen LogP contribution in [0.25, 0.3) is 0 Å². The van der Waals surface area contributed by atoms with Crippen molar-refractivity contribution in [3.05, 3.63) is 34.6 Å². The second kappa shape index (κ2) is 5.13. The lowest BCUT2D eigenvalue weighted by atomic mass is 10.1. The first kappa shape index (κ1) is 11.8. The fourth-order valence-electron chi connectivity index (χ4n) is 2.23. The largest absolute Gasteiger partial charge is 0.394 e. The summed E-state index contributed by atoms with van der Waals surface area (Å²) in [5, 5.41) is 9.91. The van der Waals surface area contributed by atoms with E-state index in [0.29, 0.717) is 10.6 Å². The summed E-state index contributed by atoms with van der Waals surface area (Å²) in [5.74, 6) is -0.296. The number of hydrogen-bond acceptors (Lipinski definition) is 2. The van der Waals surface area contributed by atoms with Crippen LogP contribution in [-0.4, -0.2) is 29.7 Å². The molecule has 1 saturated heterocycles. The summed E-state index contributed by atoms with van der Waals surface area (Å²) in [4.78, 5) is 2.11. The van der Waals surface area contributed by atoms with E-state index in [-0.39, 0.29) is 18.5 Å². The molecule has 1 aromatic rings. The molecule has 1 aromatic carbocycles. The molecule has 1 unspecified atom stereocenters. The predicted octanol–water partition coefficient (Wildman–Crippen LogP) is 2.61. The summed E-state index contributed by atoms with van der Waals surface area (Å²) in [6.07, 6.45) is 2.22. The lowest BCUT2D eigenvalue weighted by Gasteiger charge is -2.26. The molecule has 0 radical (unpaired) electrons. The van der Waals surface area contributed by atoms with Crippen molar-refractivity contribution < 1.29 is 9.50 Å². The zero-order valence-electron chi connectivity index (χ0n) is 9.00. The molecular weight excluding hydrogens is 229 g/mol. The molecule has 1 atom stereocenters. The Balaban J connectivity index is 2.28. The van der Waals surface area contributed by atoms with Crippen molar-refractivity contribution in [3.8, 4) is 0 Å². The van der Waals surface area contributed by atoms with Gasteiger partial charge in [0.2, 0.25) is 0 Å². The van der Waals surface area contributed by atoms with E-state index in [2.05, 4.69) is 4.90 Å². The van der Waals surface area contributed by atoms with Crippen LogP contribution in [0.5, 0.6) is 0 Å². The van der Waals surface area contributed by atoms with Gasteiger partial charge in [-0.2, -0.15) is 0 Å². The van der Waals surface area contributed by atoms with Gasteiger partial charge in [-0.05, 0) is 44.1 Å². The Morgan fingerprint density at radius 3 is 2.69 bits per heavy atom. The highest BCUT2D eigenvalue weighted by atomic mass is 35.5. The van der Waals surface area contributed by atoms with Gasteiger partial charge in [-0.25, -0.2) is 4.39 Å². The Hall–Kier alpha value is -0.640. The normalized spacial score (nSPS) is 18.9. The van der Waals surface area contributed by atoms with Crippen LogP contribution in [0.3, 0.4) is 0 Å². The maximum absolute atomic E-state index is 13.7. The summed E-state index contributed by atoms with van der Waals surface area (Å²) in [6, 6.07) is 4.23. The maximum Gasteiger partial charge on any atom is 0.128 e. The van der Waals surface area contributed by atoms with Crippen LogP contribution in [0.4, 0.5) is 4.39 Å². The van der Waals surface area contributed by atoms with Gasteiger partial charge >= 0.3 is 0 Å². The van der Waals surface area contributed by atoms with Crippen molar-refractivity contribution in [2.45, 2.75) is 18.9 Å². The molecule has 4 heteroatoms. The van der Waals surface area contributed by atoms with Crippen LogP contribution in [-0.2, 0) is 0 Å². The van der Waals surface area contributed by atoms with Crippen molar-refractivity contribution in [3.63, 3.8) is 0 Å². The molecule has 1 N–H and O–H groups in total. The summed E-state index contributed by atoms with van der Waals surface area (Å²) in [7, 11) is 0. The lowest BCUT2D eigenvalue weighted by molar-refractivity contribution is 0.144. The minimum atomic E-state index is -0.296. The van der Waals surface area contributed by atoms with E-state index < -0.39 is 0 Å². The fraction of sp³-hybridized carbons (Fsp3) is 0.500. The standard InChI is InChI=1S/C12H15ClFNO/c13-9-3-4-11(14)10(7-9)12(8-16)15-5-1-2-6-15/h3-4,7,12,16H,1-2,5-6,8H2. The van der Waals surface area contributed by atoms with Gasteiger partial charge in [-0.15, -0.1) is 0 Å². The average molecular weight is 244 g/mol. The van der Waals surface area contributed by atoms with Gasteiger partial charge in [0.15, 0.2) is 0 Å². The van der Waals surface area contributed by atoms with Gasteiger partial charge < -0.3 is 5.11 Å². The van der Waals surface area contributed by atoms with Crippen molar-refractivity contribution in [1.29, 1.82) is 0 Å². The van der Waals surface area contributed by atoms with E-state index in [4.69, 9.17) is 11.6 Å². The number of aliphatic hydroxyl groups excluding tert-OH is 1. The summed E-state index contributed by atoms with van der Waals surface area (Å²) < 4.78 is 13.7. The zero-order valence-corrected chi connectivity index (χ0v) is 9.75. The summed E-state index contributed by atoms with van der Waals surface area (Å²) >= 11 is 5.86. The van der Waals surface area contributed by atoms with Crippen LogP contribution < -0.4 is 0 Å². The molecular formula is C12H15ClFNO. The smallest absolute Gasteiger partial charge is 0.128 e. The van der Waals surface area contributed by atoms with Gasteiger partial charge in [-0.1, -0.05) is 11.6 Å². The number of halogens is 2. The molecule has 0 saturated carbocycles. The maximum atomic E-state index is 13.7. The minimum Gasteiger partial charge on any atom is -0.394 e. The van der Waals surface area contributed by atoms with Crippen molar-refractivity contribution in [1.82, 2.24) is 4.90 Å². The van der Waals surface area contributed by atoms with E-state index in [1.54, 1.807) is 6.07 Å². The zero-order chi connectivity index (χ0) is 11.5. The molecule has 88 valence electrons. The second-order valence-electron chi connectivity index (χ2n) is 4.11. The molecule has 2 nitrogen and oxygen atoms in total. The first-order chi connectivity index (χ1) is 7.72. The van der Waals surface area contributed by atoms with Crippen LogP contribution in [0, 0.1) is 5.82 Å². The average Bonchev–Trinajstić information content (AvgIpc) is 2.78. The van der Waals surface area contributed by atoms with Crippen LogP contribution in [0.15, 0.2) is 18.2 Å². The number of rotatable bonds is 3. The van der Waals surface area contributed by atoms with Crippen LogP contribution in [0.2, 0.25) is 5.02 Å². The molecule has 0 aromatic heterocycles. The van der Waals surface area contributed by atoms with Crippen LogP contribution >= 0.6 is 11.6 Å². The van der Waals surface area contributed by atoms with Crippen molar-refractivity contribution >= 4 is 11.6 Å². The van der Waals surface area contributed by atoms with E-state index in [0.717, 1.165) is 25.9 Å². The van der Waals surface area contributed by atoms with Gasteiger partial charge in [0.05, 0.1) is 12.6 Å². The molecule has 1 fully saturated rings. The van der Waals surface area contributed by atoms with Gasteiger partial charge in [-0.3, -0.25) is 4.90 Å². The third kappa shape index (κ3) is 2.37. The Morgan fingerprint density at radius 2 is 2.06 bits per heavy atom.